The summed E-state index contributed by atoms with van der Waals surface area (Å²) >= 11 is 6.09. The van der Waals surface area contributed by atoms with Crippen LogP contribution in [-0.2, 0) is 6.54 Å². The molecule has 1 aromatic heterocycles. The maximum atomic E-state index is 12.2. The molecule has 0 fully saturated rings. The van der Waals surface area contributed by atoms with Crippen molar-refractivity contribution in [2.24, 2.45) is 0 Å². The van der Waals surface area contributed by atoms with Gasteiger partial charge in [-0.25, -0.2) is 0 Å². The van der Waals surface area contributed by atoms with Crippen molar-refractivity contribution in [3.05, 3.63) is 82.5 Å². The molecule has 3 aromatic rings. The summed E-state index contributed by atoms with van der Waals surface area (Å²) in [4.78, 5) is 12.2. The first kappa shape index (κ1) is 16.9. The number of para-hydroxylation sites is 1. The highest BCUT2D eigenvalue weighted by atomic mass is 35.5. The molecule has 0 radical (unpaired) electrons. The zero-order valence-corrected chi connectivity index (χ0v) is 14.4. The number of nitrogens with one attached hydrogen (secondary N) is 2. The van der Waals surface area contributed by atoms with Crippen molar-refractivity contribution in [1.82, 2.24) is 15.5 Å². The molecular weight excluding hydrogens is 336 g/mol. The van der Waals surface area contributed by atoms with Gasteiger partial charge in [0.1, 0.15) is 0 Å². The summed E-state index contributed by atoms with van der Waals surface area (Å²) in [5.74, 6) is 0.253. The van der Waals surface area contributed by atoms with E-state index in [9.17, 15) is 4.79 Å². The number of rotatable bonds is 5. The molecule has 25 heavy (non-hydrogen) atoms. The van der Waals surface area contributed by atoms with Crippen LogP contribution >= 0.6 is 11.6 Å². The lowest BCUT2D eigenvalue weighted by Gasteiger charge is -2.08. The highest BCUT2D eigenvalue weighted by Gasteiger charge is 2.09. The maximum Gasteiger partial charge on any atom is 0.272 e. The Bertz CT molecular complexity index is 881. The SMILES string of the molecule is Cc1ccccc1CNC(=O)c1ccc(Nc2ccccc2Cl)nn1. The van der Waals surface area contributed by atoms with E-state index in [4.69, 9.17) is 11.6 Å². The normalized spacial score (nSPS) is 10.3. The van der Waals surface area contributed by atoms with E-state index >= 15 is 0 Å². The van der Waals surface area contributed by atoms with Crippen molar-refractivity contribution in [2.75, 3.05) is 5.32 Å². The van der Waals surface area contributed by atoms with Gasteiger partial charge in [0.05, 0.1) is 10.7 Å². The Hall–Kier alpha value is -2.92. The predicted molar refractivity (Wildman–Crippen MR) is 99.1 cm³/mol. The highest BCUT2D eigenvalue weighted by Crippen LogP contribution is 2.23. The van der Waals surface area contributed by atoms with Gasteiger partial charge < -0.3 is 10.6 Å². The molecule has 0 spiro atoms. The minimum absolute atomic E-state index is 0.262. The molecule has 0 aliphatic heterocycles. The molecule has 2 N–H and O–H groups in total. The molecular formula is C19H17ClN4O. The van der Waals surface area contributed by atoms with E-state index in [-0.39, 0.29) is 11.6 Å². The standard InChI is InChI=1S/C19H17ClN4O/c1-13-6-2-3-7-14(13)12-21-19(25)17-10-11-18(24-23-17)22-16-9-5-4-8-15(16)20/h2-11H,12H2,1H3,(H,21,25)(H,22,24). The van der Waals surface area contributed by atoms with E-state index in [2.05, 4.69) is 20.8 Å². The van der Waals surface area contributed by atoms with E-state index in [1.165, 1.54) is 0 Å². The molecule has 3 rings (SSSR count). The summed E-state index contributed by atoms with van der Waals surface area (Å²) in [5.41, 5.74) is 3.20. The Kier molecular flexibility index (Phi) is 5.26. The van der Waals surface area contributed by atoms with Gasteiger partial charge >= 0.3 is 0 Å². The van der Waals surface area contributed by atoms with Gasteiger partial charge in [-0.05, 0) is 42.3 Å². The number of aromatic nitrogens is 2. The molecule has 0 bridgehead atoms. The lowest BCUT2D eigenvalue weighted by molar-refractivity contribution is 0.0945. The van der Waals surface area contributed by atoms with Gasteiger partial charge in [-0.2, -0.15) is 0 Å². The van der Waals surface area contributed by atoms with Crippen molar-refractivity contribution >= 4 is 29.0 Å². The molecule has 126 valence electrons. The van der Waals surface area contributed by atoms with E-state index < -0.39 is 0 Å². The van der Waals surface area contributed by atoms with Gasteiger partial charge in [0, 0.05) is 6.54 Å². The van der Waals surface area contributed by atoms with Crippen LogP contribution in [-0.4, -0.2) is 16.1 Å². The zero-order valence-electron chi connectivity index (χ0n) is 13.7. The number of anilines is 2. The molecule has 1 heterocycles. The number of aryl methyl sites for hydroxylation is 1. The molecule has 0 unspecified atom stereocenters. The molecule has 0 saturated heterocycles. The summed E-state index contributed by atoms with van der Waals surface area (Å²) in [7, 11) is 0. The van der Waals surface area contributed by atoms with Crippen LogP contribution in [0, 0.1) is 6.92 Å². The quantitative estimate of drug-likeness (QED) is 0.725. The number of amides is 1. The van der Waals surface area contributed by atoms with Crippen LogP contribution in [0.4, 0.5) is 11.5 Å². The first-order valence-corrected chi connectivity index (χ1v) is 8.19. The number of carbonyl (C=O) groups is 1. The number of hydrogen-bond donors (Lipinski definition) is 2. The topological polar surface area (TPSA) is 66.9 Å². The van der Waals surface area contributed by atoms with E-state index in [1.807, 2.05) is 49.4 Å². The van der Waals surface area contributed by atoms with Crippen molar-refractivity contribution in [2.45, 2.75) is 13.5 Å². The molecule has 2 aromatic carbocycles. The Morgan fingerprint density at radius 2 is 1.76 bits per heavy atom. The smallest absolute Gasteiger partial charge is 0.272 e. The third-order valence-electron chi connectivity index (χ3n) is 3.73. The monoisotopic (exact) mass is 352 g/mol. The Morgan fingerprint density at radius 3 is 2.48 bits per heavy atom. The first-order chi connectivity index (χ1) is 12.1. The third-order valence-corrected chi connectivity index (χ3v) is 4.06. The van der Waals surface area contributed by atoms with Gasteiger partial charge in [0.25, 0.3) is 5.91 Å². The molecule has 0 aliphatic carbocycles. The second-order valence-corrected chi connectivity index (χ2v) is 5.93. The average Bonchev–Trinajstić information content (AvgIpc) is 2.63. The third kappa shape index (κ3) is 4.33. The number of hydrogen-bond acceptors (Lipinski definition) is 4. The van der Waals surface area contributed by atoms with Crippen LogP contribution in [0.5, 0.6) is 0 Å². The predicted octanol–water partition coefficient (Wildman–Crippen LogP) is 4.11. The summed E-state index contributed by atoms with van der Waals surface area (Å²) < 4.78 is 0. The first-order valence-electron chi connectivity index (χ1n) is 7.81. The van der Waals surface area contributed by atoms with Crippen molar-refractivity contribution in [3.63, 3.8) is 0 Å². The van der Waals surface area contributed by atoms with Gasteiger partial charge in [-0.3, -0.25) is 4.79 Å². The van der Waals surface area contributed by atoms with Crippen LogP contribution in [0.2, 0.25) is 5.02 Å². The second-order valence-electron chi connectivity index (χ2n) is 5.52. The van der Waals surface area contributed by atoms with Crippen LogP contribution in [0.15, 0.2) is 60.7 Å². The largest absolute Gasteiger partial charge is 0.347 e. The lowest BCUT2D eigenvalue weighted by Crippen LogP contribution is -2.24. The molecule has 0 atom stereocenters. The molecule has 0 saturated carbocycles. The average molecular weight is 353 g/mol. The summed E-state index contributed by atoms with van der Waals surface area (Å²) in [6.07, 6.45) is 0. The Balaban J connectivity index is 1.63. The highest BCUT2D eigenvalue weighted by molar-refractivity contribution is 6.33. The minimum Gasteiger partial charge on any atom is -0.347 e. The van der Waals surface area contributed by atoms with Gasteiger partial charge in [0.15, 0.2) is 11.5 Å². The van der Waals surface area contributed by atoms with Crippen LogP contribution in [0.3, 0.4) is 0 Å². The molecule has 5 nitrogen and oxygen atoms in total. The van der Waals surface area contributed by atoms with Gasteiger partial charge in [-0.1, -0.05) is 48.0 Å². The van der Waals surface area contributed by atoms with Crippen LogP contribution in [0.25, 0.3) is 0 Å². The second kappa shape index (κ2) is 7.77. The lowest BCUT2D eigenvalue weighted by atomic mass is 10.1. The van der Waals surface area contributed by atoms with E-state index in [0.717, 1.165) is 16.8 Å². The Morgan fingerprint density at radius 1 is 1.00 bits per heavy atom. The Labute approximate surface area is 151 Å². The van der Waals surface area contributed by atoms with Crippen molar-refractivity contribution in [3.8, 4) is 0 Å². The van der Waals surface area contributed by atoms with Gasteiger partial charge in [-0.15, -0.1) is 10.2 Å². The fourth-order valence-electron chi connectivity index (χ4n) is 2.30. The summed E-state index contributed by atoms with van der Waals surface area (Å²) in [6.45, 7) is 2.46. The molecule has 6 heteroatoms. The molecule has 1 amide bonds. The molecule has 0 aliphatic rings. The van der Waals surface area contributed by atoms with Gasteiger partial charge in [0.2, 0.25) is 0 Å². The van der Waals surface area contributed by atoms with Crippen molar-refractivity contribution in [1.29, 1.82) is 0 Å². The van der Waals surface area contributed by atoms with Crippen LogP contribution in [0.1, 0.15) is 21.6 Å². The summed E-state index contributed by atoms with van der Waals surface area (Å²) in [5, 5.41) is 14.5. The number of carbonyl (C=O) groups excluding carboxylic acids is 1. The number of nitrogens with zero attached hydrogens (tertiary/aromatic N) is 2. The fourth-order valence-corrected chi connectivity index (χ4v) is 2.48. The summed E-state index contributed by atoms with van der Waals surface area (Å²) in [6, 6.07) is 18.6. The zero-order chi connectivity index (χ0) is 17.6. The van der Waals surface area contributed by atoms with Crippen molar-refractivity contribution < 1.29 is 4.79 Å². The minimum atomic E-state index is -0.264. The van der Waals surface area contributed by atoms with Crippen LogP contribution < -0.4 is 10.6 Å². The number of halogens is 1. The maximum absolute atomic E-state index is 12.2. The van der Waals surface area contributed by atoms with E-state index in [1.54, 1.807) is 18.2 Å². The number of benzene rings is 2. The fraction of sp³-hybridized carbons (Fsp3) is 0.105. The van der Waals surface area contributed by atoms with E-state index in [0.29, 0.717) is 17.4 Å².